The van der Waals surface area contributed by atoms with Gasteiger partial charge in [0.25, 0.3) is 0 Å². The van der Waals surface area contributed by atoms with Gasteiger partial charge in [-0.25, -0.2) is 4.79 Å². The van der Waals surface area contributed by atoms with Crippen molar-refractivity contribution in [2.45, 2.75) is 40.7 Å². The van der Waals surface area contributed by atoms with Gasteiger partial charge in [-0.05, 0) is 57.9 Å². The van der Waals surface area contributed by atoms with Crippen LogP contribution in [0.2, 0.25) is 5.02 Å². The first-order valence-electron chi connectivity index (χ1n) is 8.07. The molecule has 1 amide bonds. The van der Waals surface area contributed by atoms with Crippen molar-refractivity contribution >= 4 is 46.0 Å². The Bertz CT molecular complexity index is 741. The van der Waals surface area contributed by atoms with Crippen molar-refractivity contribution in [2.24, 2.45) is 0 Å². The summed E-state index contributed by atoms with van der Waals surface area (Å²) in [4.78, 5) is 38.2. The Balaban J connectivity index is 3.25. The molecule has 5 nitrogen and oxygen atoms in total. The number of hydrogen-bond acceptors (Lipinski definition) is 5. The van der Waals surface area contributed by atoms with Crippen LogP contribution in [-0.4, -0.2) is 35.9 Å². The minimum absolute atomic E-state index is 0.0880. The van der Waals surface area contributed by atoms with Gasteiger partial charge < -0.3 is 4.74 Å². The van der Waals surface area contributed by atoms with Gasteiger partial charge in [0.05, 0.1) is 18.6 Å². The van der Waals surface area contributed by atoms with Crippen LogP contribution in [0.15, 0.2) is 23.8 Å². The minimum Gasteiger partial charge on any atom is -0.467 e. The Hall–Kier alpha value is -1.79. The Morgan fingerprint density at radius 2 is 1.88 bits per heavy atom. The van der Waals surface area contributed by atoms with E-state index in [-0.39, 0.29) is 16.8 Å². The zero-order valence-corrected chi connectivity index (χ0v) is 17.5. The number of hydrogen-bond donors (Lipinski definition) is 0. The van der Waals surface area contributed by atoms with E-state index in [1.165, 1.54) is 18.1 Å². The van der Waals surface area contributed by atoms with Crippen LogP contribution in [0.3, 0.4) is 0 Å². The van der Waals surface area contributed by atoms with E-state index in [2.05, 4.69) is 0 Å². The number of methoxy groups -OCH3 is 1. The van der Waals surface area contributed by atoms with Gasteiger partial charge in [-0.1, -0.05) is 35.0 Å². The lowest BCUT2D eigenvalue weighted by atomic mass is 10.1. The van der Waals surface area contributed by atoms with Crippen molar-refractivity contribution in [3.63, 3.8) is 0 Å². The fourth-order valence-corrected chi connectivity index (χ4v) is 3.35. The highest BCUT2D eigenvalue weighted by molar-refractivity contribution is 8.14. The van der Waals surface area contributed by atoms with Crippen molar-refractivity contribution in [1.82, 2.24) is 0 Å². The van der Waals surface area contributed by atoms with E-state index >= 15 is 0 Å². The van der Waals surface area contributed by atoms with Gasteiger partial charge in [0, 0.05) is 5.02 Å². The summed E-state index contributed by atoms with van der Waals surface area (Å²) in [6.45, 7) is 8.84. The number of amides is 1. The summed E-state index contributed by atoms with van der Waals surface area (Å²) in [5, 5.41) is 0.289. The topological polar surface area (TPSA) is 63.7 Å². The third kappa shape index (κ3) is 5.61. The molecule has 1 aromatic rings. The van der Waals surface area contributed by atoms with Crippen LogP contribution < -0.4 is 4.90 Å². The van der Waals surface area contributed by atoms with Gasteiger partial charge in [-0.2, -0.15) is 0 Å². The van der Waals surface area contributed by atoms with Crippen LogP contribution in [0.5, 0.6) is 0 Å². The molecule has 142 valence electrons. The molecule has 1 rings (SSSR count). The molecule has 0 spiro atoms. The van der Waals surface area contributed by atoms with E-state index in [1.54, 1.807) is 26.0 Å². The van der Waals surface area contributed by atoms with E-state index in [1.807, 2.05) is 20.8 Å². The second kappa shape index (κ2) is 9.78. The summed E-state index contributed by atoms with van der Waals surface area (Å²) in [6.07, 6.45) is 1.47. The first-order valence-corrected chi connectivity index (χ1v) is 9.43. The number of anilines is 1. The van der Waals surface area contributed by atoms with Crippen LogP contribution in [-0.2, 0) is 19.1 Å². The normalized spacial score (nSPS) is 11.5. The number of esters is 1. The molecule has 26 heavy (non-hydrogen) atoms. The van der Waals surface area contributed by atoms with Crippen LogP contribution in [0.1, 0.15) is 31.9 Å². The molecule has 0 unspecified atom stereocenters. The molecular weight excluding hydrogens is 374 g/mol. The number of rotatable bonds is 6. The van der Waals surface area contributed by atoms with Crippen molar-refractivity contribution < 1.29 is 19.1 Å². The zero-order chi connectivity index (χ0) is 20.0. The molecule has 0 fully saturated rings. The lowest BCUT2D eigenvalue weighted by molar-refractivity contribution is -0.142. The first-order chi connectivity index (χ1) is 12.1. The summed E-state index contributed by atoms with van der Waals surface area (Å²) in [5.41, 5.74) is 2.92. The monoisotopic (exact) mass is 397 g/mol. The molecule has 0 saturated heterocycles. The van der Waals surface area contributed by atoms with Crippen LogP contribution in [0.4, 0.5) is 5.69 Å². The lowest BCUT2D eigenvalue weighted by Gasteiger charge is -2.30. The fraction of sp³-hybridized carbons (Fsp3) is 0.421. The highest BCUT2D eigenvalue weighted by Gasteiger charge is 2.31. The van der Waals surface area contributed by atoms with Gasteiger partial charge in [0.15, 0.2) is 0 Å². The first kappa shape index (κ1) is 22.3. The van der Waals surface area contributed by atoms with Gasteiger partial charge in [-0.15, -0.1) is 0 Å². The third-order valence-corrected chi connectivity index (χ3v) is 4.95. The maximum Gasteiger partial charge on any atom is 0.328 e. The Morgan fingerprint density at radius 1 is 1.27 bits per heavy atom. The predicted molar refractivity (Wildman–Crippen MR) is 107 cm³/mol. The van der Waals surface area contributed by atoms with E-state index in [0.29, 0.717) is 16.3 Å². The summed E-state index contributed by atoms with van der Waals surface area (Å²) in [6, 6.07) is 2.69. The number of thioether (sulfide) groups is 1. The average Bonchev–Trinajstić information content (AvgIpc) is 2.58. The summed E-state index contributed by atoms with van der Waals surface area (Å²) in [7, 11) is 1.27. The number of carbonyl (C=O) groups excluding carboxylic acids is 3. The fourth-order valence-electron chi connectivity index (χ4n) is 2.47. The average molecular weight is 398 g/mol. The van der Waals surface area contributed by atoms with Crippen LogP contribution in [0.25, 0.3) is 0 Å². The predicted octanol–water partition coefficient (Wildman–Crippen LogP) is 4.08. The summed E-state index contributed by atoms with van der Waals surface area (Å²) >= 11 is 7.11. The van der Waals surface area contributed by atoms with Crippen LogP contribution in [0, 0.1) is 13.8 Å². The van der Waals surface area contributed by atoms with E-state index in [4.69, 9.17) is 16.3 Å². The second-order valence-corrected chi connectivity index (χ2v) is 7.52. The second-order valence-electron chi connectivity index (χ2n) is 6.13. The number of benzene rings is 1. The SMILES string of the molecule is COC(=O)[C@H](C)N(C(=O)CSC(=O)C=C(C)C)c1c(C)ccc(Cl)c1C. The largest absolute Gasteiger partial charge is 0.467 e. The Morgan fingerprint density at radius 3 is 2.42 bits per heavy atom. The number of ether oxygens (including phenoxy) is 1. The summed E-state index contributed by atoms with van der Waals surface area (Å²) in [5.74, 6) is -0.996. The van der Waals surface area contributed by atoms with Gasteiger partial charge in [0.2, 0.25) is 11.0 Å². The maximum absolute atomic E-state index is 12.9. The smallest absolute Gasteiger partial charge is 0.328 e. The minimum atomic E-state index is -0.845. The molecular formula is C19H24ClNO4S. The molecule has 0 aliphatic heterocycles. The molecule has 1 atom stereocenters. The van der Waals surface area contributed by atoms with Crippen molar-refractivity contribution in [2.75, 3.05) is 17.8 Å². The van der Waals surface area contributed by atoms with Crippen molar-refractivity contribution in [3.05, 3.63) is 39.9 Å². The Labute approximate surface area is 163 Å². The molecule has 0 heterocycles. The number of halogens is 1. The zero-order valence-electron chi connectivity index (χ0n) is 15.9. The van der Waals surface area contributed by atoms with E-state index in [9.17, 15) is 14.4 Å². The van der Waals surface area contributed by atoms with Gasteiger partial charge in [-0.3, -0.25) is 14.5 Å². The standard InChI is InChI=1S/C19H24ClNO4S/c1-11(2)9-17(23)26-10-16(22)21(14(5)19(24)25-6)18-12(3)7-8-15(20)13(18)4/h7-9,14H,10H2,1-6H3/t14-/m0/s1. The molecule has 0 aliphatic carbocycles. The number of carbonyl (C=O) groups is 3. The number of allylic oxidation sites excluding steroid dienone is 1. The maximum atomic E-state index is 12.9. The molecule has 0 aromatic heterocycles. The molecule has 7 heteroatoms. The van der Waals surface area contributed by atoms with Crippen LogP contribution >= 0.6 is 23.4 Å². The molecule has 0 N–H and O–H groups in total. The van der Waals surface area contributed by atoms with Crippen molar-refractivity contribution in [1.29, 1.82) is 0 Å². The van der Waals surface area contributed by atoms with E-state index in [0.717, 1.165) is 22.9 Å². The molecule has 0 bridgehead atoms. The highest BCUT2D eigenvalue weighted by Crippen LogP contribution is 2.32. The molecule has 0 radical (unpaired) electrons. The number of nitrogens with zero attached hydrogens (tertiary/aromatic N) is 1. The Kier molecular flexibility index (Phi) is 8.37. The van der Waals surface area contributed by atoms with Gasteiger partial charge in [0.1, 0.15) is 6.04 Å². The molecule has 0 aliphatic rings. The highest BCUT2D eigenvalue weighted by atomic mass is 35.5. The van der Waals surface area contributed by atoms with E-state index < -0.39 is 12.0 Å². The quantitative estimate of drug-likeness (QED) is 0.534. The van der Waals surface area contributed by atoms with Crippen molar-refractivity contribution in [3.8, 4) is 0 Å². The summed E-state index contributed by atoms with van der Waals surface area (Å²) < 4.78 is 4.80. The van der Waals surface area contributed by atoms with Gasteiger partial charge >= 0.3 is 5.97 Å². The third-order valence-electron chi connectivity index (χ3n) is 3.75. The number of aryl methyl sites for hydroxylation is 1. The lowest BCUT2D eigenvalue weighted by Crippen LogP contribution is -2.45. The molecule has 0 saturated carbocycles. The molecule has 1 aromatic carbocycles.